The second-order valence-corrected chi connectivity index (χ2v) is 14.1. The summed E-state index contributed by atoms with van der Waals surface area (Å²) in [7, 11) is 0. The summed E-state index contributed by atoms with van der Waals surface area (Å²) in [5.74, 6) is -0.0855. The van der Waals surface area contributed by atoms with E-state index in [1.165, 1.54) is 180 Å². The lowest BCUT2D eigenvalue weighted by Crippen LogP contribution is -2.37. The van der Waals surface area contributed by atoms with E-state index in [2.05, 4.69) is 19.2 Å². The normalized spacial score (nSPS) is 12.9. The molecule has 1 amide bonds. The Balaban J connectivity index is 3.36. The van der Waals surface area contributed by atoms with Gasteiger partial charge >= 0.3 is 0 Å². The topological polar surface area (TPSA) is 69.6 Å². The Bertz CT molecular complexity index is 555. The van der Waals surface area contributed by atoms with Crippen molar-refractivity contribution < 1.29 is 15.0 Å². The second-order valence-electron chi connectivity index (χ2n) is 14.1. The number of nitrogens with one attached hydrogen (secondary N) is 1. The molecule has 2 atom stereocenters. The Morgan fingerprint density at radius 3 is 1.02 bits per heavy atom. The predicted octanol–water partition coefficient (Wildman–Crippen LogP) is 12.5. The van der Waals surface area contributed by atoms with E-state index in [0.29, 0.717) is 12.8 Å². The van der Waals surface area contributed by atoms with Crippen LogP contribution in [0.25, 0.3) is 0 Å². The minimum atomic E-state index is -0.931. The molecule has 0 heterocycles. The number of hydrogen-bond donors (Lipinski definition) is 3. The van der Waals surface area contributed by atoms with Gasteiger partial charge in [0.05, 0.1) is 6.10 Å². The third-order valence-corrected chi connectivity index (χ3v) is 9.47. The maximum absolute atomic E-state index is 12.2. The van der Waals surface area contributed by atoms with Crippen molar-refractivity contribution in [3.63, 3.8) is 0 Å². The maximum atomic E-state index is 12.2. The summed E-state index contributed by atoms with van der Waals surface area (Å²) in [5.41, 5.74) is 0. The molecule has 44 heavy (non-hydrogen) atoms. The van der Waals surface area contributed by atoms with Crippen LogP contribution in [0.1, 0.15) is 239 Å². The van der Waals surface area contributed by atoms with E-state index in [-0.39, 0.29) is 12.3 Å². The largest absolute Gasteiger partial charge is 0.393 e. The molecule has 4 nitrogen and oxygen atoms in total. The molecule has 3 N–H and O–H groups in total. The summed E-state index contributed by atoms with van der Waals surface area (Å²) in [6.07, 6.45) is 42.6. The third kappa shape index (κ3) is 35.9. The van der Waals surface area contributed by atoms with Gasteiger partial charge in [0.25, 0.3) is 0 Å². The van der Waals surface area contributed by atoms with Crippen LogP contribution in [-0.2, 0) is 4.79 Å². The quantitative estimate of drug-likeness (QED) is 0.0476. The van der Waals surface area contributed by atoms with Crippen molar-refractivity contribution in [3.05, 3.63) is 0 Å². The molecule has 0 radical (unpaired) electrons. The minimum absolute atomic E-state index is 0.0855. The monoisotopic (exact) mass is 624 g/mol. The maximum Gasteiger partial charge on any atom is 0.221 e. The Labute approximate surface area is 276 Å². The van der Waals surface area contributed by atoms with Gasteiger partial charge < -0.3 is 15.5 Å². The van der Waals surface area contributed by atoms with Gasteiger partial charge in [0.2, 0.25) is 5.91 Å². The molecule has 0 aromatic rings. The van der Waals surface area contributed by atoms with Crippen molar-refractivity contribution in [1.29, 1.82) is 0 Å². The molecule has 0 bridgehead atoms. The number of carbonyl (C=O) groups is 1. The molecule has 0 saturated heterocycles. The highest BCUT2D eigenvalue weighted by atomic mass is 16.3. The van der Waals surface area contributed by atoms with E-state index in [0.717, 1.165) is 25.7 Å². The van der Waals surface area contributed by atoms with Crippen molar-refractivity contribution >= 4 is 5.91 Å². The van der Waals surface area contributed by atoms with Crippen LogP contribution >= 0.6 is 0 Å². The van der Waals surface area contributed by atoms with Gasteiger partial charge in [-0.05, 0) is 12.8 Å². The molecule has 0 aliphatic carbocycles. The summed E-state index contributed by atoms with van der Waals surface area (Å²) in [6.45, 7) is 4.56. The van der Waals surface area contributed by atoms with Crippen LogP contribution in [0, 0.1) is 0 Å². The lowest BCUT2D eigenvalue weighted by atomic mass is 10.0. The van der Waals surface area contributed by atoms with Crippen molar-refractivity contribution in [3.8, 4) is 0 Å². The molecule has 264 valence electrons. The summed E-state index contributed by atoms with van der Waals surface area (Å²) >= 11 is 0. The zero-order chi connectivity index (χ0) is 32.2. The van der Waals surface area contributed by atoms with E-state index in [4.69, 9.17) is 0 Å². The first-order chi connectivity index (χ1) is 21.6. The van der Waals surface area contributed by atoms with Gasteiger partial charge in [-0.15, -0.1) is 0 Å². The van der Waals surface area contributed by atoms with Crippen LogP contribution in [-0.4, -0.2) is 28.5 Å². The first kappa shape index (κ1) is 43.4. The zero-order valence-electron chi connectivity index (χ0n) is 30.2. The number of amides is 1. The Hall–Kier alpha value is -0.610. The van der Waals surface area contributed by atoms with Crippen molar-refractivity contribution in [2.45, 2.75) is 251 Å². The van der Waals surface area contributed by atoms with E-state index in [1.807, 2.05) is 0 Å². The smallest absolute Gasteiger partial charge is 0.221 e. The molecule has 0 aromatic heterocycles. The van der Waals surface area contributed by atoms with Gasteiger partial charge in [0.15, 0.2) is 0 Å². The summed E-state index contributed by atoms with van der Waals surface area (Å²) in [4.78, 5) is 12.2. The van der Waals surface area contributed by atoms with Crippen LogP contribution in [0.3, 0.4) is 0 Å². The average molecular weight is 624 g/mol. The molecule has 0 aliphatic heterocycles. The summed E-state index contributed by atoms with van der Waals surface area (Å²) in [6, 6.07) is 0. The second kappa shape index (κ2) is 36.9. The molecule has 0 saturated carbocycles. The van der Waals surface area contributed by atoms with Crippen LogP contribution in [0.5, 0.6) is 0 Å². The van der Waals surface area contributed by atoms with Crippen LogP contribution in [0.2, 0.25) is 0 Å². The van der Waals surface area contributed by atoms with E-state index < -0.39 is 12.3 Å². The number of carbonyl (C=O) groups excluding carboxylic acids is 1. The van der Waals surface area contributed by atoms with Crippen LogP contribution < -0.4 is 5.32 Å². The number of aliphatic hydroxyl groups is 2. The highest BCUT2D eigenvalue weighted by Crippen LogP contribution is 2.16. The fourth-order valence-electron chi connectivity index (χ4n) is 6.45. The molecular weight excluding hydrogens is 542 g/mol. The summed E-state index contributed by atoms with van der Waals surface area (Å²) < 4.78 is 0. The molecule has 0 fully saturated rings. The van der Waals surface area contributed by atoms with Crippen LogP contribution in [0.4, 0.5) is 0 Å². The van der Waals surface area contributed by atoms with E-state index >= 15 is 0 Å². The molecule has 4 heteroatoms. The number of hydrogen-bond acceptors (Lipinski definition) is 3. The van der Waals surface area contributed by atoms with Gasteiger partial charge in [0.1, 0.15) is 6.23 Å². The fraction of sp³-hybridized carbons (Fsp3) is 0.975. The fourth-order valence-corrected chi connectivity index (χ4v) is 6.45. The molecular formula is C40H81NO3. The van der Waals surface area contributed by atoms with Gasteiger partial charge in [-0.1, -0.05) is 213 Å². The number of unbranched alkanes of at least 4 members (excludes halogenated alkanes) is 30. The van der Waals surface area contributed by atoms with Crippen molar-refractivity contribution in [1.82, 2.24) is 5.32 Å². The first-order valence-corrected chi connectivity index (χ1v) is 20.3. The van der Waals surface area contributed by atoms with Gasteiger partial charge in [-0.25, -0.2) is 0 Å². The van der Waals surface area contributed by atoms with Gasteiger partial charge in [-0.3, -0.25) is 4.79 Å². The molecule has 0 rings (SSSR count). The summed E-state index contributed by atoms with van der Waals surface area (Å²) in [5, 5.41) is 23.1. The molecule has 0 aromatic carbocycles. The first-order valence-electron chi connectivity index (χ1n) is 20.3. The van der Waals surface area contributed by atoms with Crippen molar-refractivity contribution in [2.75, 3.05) is 0 Å². The number of rotatable bonds is 37. The molecule has 0 aliphatic rings. The zero-order valence-corrected chi connectivity index (χ0v) is 30.2. The minimum Gasteiger partial charge on any atom is -0.393 e. The lowest BCUT2D eigenvalue weighted by molar-refractivity contribution is -0.124. The lowest BCUT2D eigenvalue weighted by Gasteiger charge is -2.17. The van der Waals surface area contributed by atoms with Crippen molar-refractivity contribution in [2.24, 2.45) is 0 Å². The SMILES string of the molecule is CCCCCCCCCCCCCCCCCCCCCC(=O)NC(O)CC(O)CCCCCCCCCCCCCCC. The highest BCUT2D eigenvalue weighted by Gasteiger charge is 2.14. The Morgan fingerprint density at radius 1 is 0.432 bits per heavy atom. The third-order valence-electron chi connectivity index (χ3n) is 9.47. The molecule has 0 spiro atoms. The van der Waals surface area contributed by atoms with Gasteiger partial charge in [0, 0.05) is 12.8 Å². The van der Waals surface area contributed by atoms with Crippen LogP contribution in [0.15, 0.2) is 0 Å². The average Bonchev–Trinajstić information content (AvgIpc) is 3.00. The Morgan fingerprint density at radius 2 is 0.705 bits per heavy atom. The predicted molar refractivity (Wildman–Crippen MR) is 193 cm³/mol. The Kier molecular flexibility index (Phi) is 36.3. The highest BCUT2D eigenvalue weighted by molar-refractivity contribution is 5.75. The van der Waals surface area contributed by atoms with E-state index in [1.54, 1.807) is 0 Å². The molecule has 2 unspecified atom stereocenters. The number of aliphatic hydroxyl groups excluding tert-OH is 2. The standard InChI is InChI=1S/C40H81NO3/c1-3-5-7-9-11-13-15-17-18-19-20-21-22-24-26-28-30-32-34-36-39(43)41-40(44)37-38(42)35-33-31-29-27-25-23-16-14-12-10-8-6-4-2/h38,40,42,44H,3-37H2,1-2H3,(H,41,43). The van der Waals surface area contributed by atoms with Gasteiger partial charge in [-0.2, -0.15) is 0 Å². The van der Waals surface area contributed by atoms with E-state index in [9.17, 15) is 15.0 Å².